The summed E-state index contributed by atoms with van der Waals surface area (Å²) in [5, 5.41) is 0. The van der Waals surface area contributed by atoms with Gasteiger partial charge in [-0.2, -0.15) is 0 Å². The van der Waals surface area contributed by atoms with Crippen molar-refractivity contribution in [3.05, 3.63) is 35.4 Å². The fraction of sp³-hybridized carbons (Fsp3) is 0.333. The third-order valence-electron chi connectivity index (χ3n) is 1.84. The Balaban J connectivity index is 3.14. The lowest BCUT2D eigenvalue weighted by Gasteiger charge is -2.06. The summed E-state index contributed by atoms with van der Waals surface area (Å²) in [4.78, 5) is 0. The van der Waals surface area contributed by atoms with E-state index in [0.717, 1.165) is 5.56 Å². The summed E-state index contributed by atoms with van der Waals surface area (Å²) in [5.41, 5.74) is 2.50. The van der Waals surface area contributed by atoms with Crippen LogP contribution in [0.3, 0.4) is 0 Å². The molecular formula is C12H14. The minimum Gasteiger partial charge on any atom is -0.101 e. The van der Waals surface area contributed by atoms with Crippen LogP contribution in [0.5, 0.6) is 0 Å². The third kappa shape index (κ3) is 1.89. The largest absolute Gasteiger partial charge is 0.101 e. The first-order valence-electron chi connectivity index (χ1n) is 4.27. The Kier molecular flexibility index (Phi) is 2.94. The molecule has 0 nitrogen and oxygen atoms in total. The van der Waals surface area contributed by atoms with E-state index >= 15 is 0 Å². The highest BCUT2D eigenvalue weighted by atomic mass is 14.1. The standard InChI is InChI=1S/C12H14/c1-4-7-11-8-5-6-9-12(11)10(2)3/h5-6,8-10H,1-3H3. The maximum absolute atomic E-state index is 3.11. The molecule has 0 heteroatoms. The van der Waals surface area contributed by atoms with Crippen molar-refractivity contribution < 1.29 is 0 Å². The van der Waals surface area contributed by atoms with Gasteiger partial charge >= 0.3 is 0 Å². The number of hydrogen-bond donors (Lipinski definition) is 0. The van der Waals surface area contributed by atoms with E-state index in [0.29, 0.717) is 5.92 Å². The monoisotopic (exact) mass is 158 g/mol. The molecule has 0 aromatic heterocycles. The van der Waals surface area contributed by atoms with Gasteiger partial charge in [0.05, 0.1) is 0 Å². The average Bonchev–Trinajstić information content (AvgIpc) is 2.05. The van der Waals surface area contributed by atoms with Gasteiger partial charge in [-0.05, 0) is 24.5 Å². The van der Waals surface area contributed by atoms with E-state index in [1.165, 1.54) is 5.56 Å². The smallest absolute Gasteiger partial charge is 0.0279 e. The van der Waals surface area contributed by atoms with Crippen LogP contribution < -0.4 is 0 Å². The molecule has 0 spiro atoms. The molecule has 0 unspecified atom stereocenters. The Labute approximate surface area is 74.6 Å². The van der Waals surface area contributed by atoms with E-state index in [2.05, 4.69) is 43.9 Å². The summed E-state index contributed by atoms with van der Waals surface area (Å²) in [5.74, 6) is 6.59. The molecule has 1 aromatic carbocycles. The van der Waals surface area contributed by atoms with Gasteiger partial charge in [-0.15, -0.1) is 5.92 Å². The van der Waals surface area contributed by atoms with Gasteiger partial charge in [0.25, 0.3) is 0 Å². The minimum absolute atomic E-state index is 0.557. The van der Waals surface area contributed by atoms with Crippen LogP contribution in [0.2, 0.25) is 0 Å². The molecule has 0 fully saturated rings. The second-order valence-electron chi connectivity index (χ2n) is 3.12. The molecule has 0 bridgehead atoms. The second kappa shape index (κ2) is 3.97. The Morgan fingerprint density at radius 1 is 1.17 bits per heavy atom. The van der Waals surface area contributed by atoms with Crippen molar-refractivity contribution in [2.75, 3.05) is 0 Å². The minimum atomic E-state index is 0.557. The van der Waals surface area contributed by atoms with Crippen molar-refractivity contribution in [2.45, 2.75) is 26.7 Å². The van der Waals surface area contributed by atoms with Crippen molar-refractivity contribution in [3.63, 3.8) is 0 Å². The number of benzene rings is 1. The Morgan fingerprint density at radius 3 is 2.42 bits per heavy atom. The maximum Gasteiger partial charge on any atom is 0.0279 e. The van der Waals surface area contributed by atoms with Crippen LogP contribution in [0, 0.1) is 11.8 Å². The first kappa shape index (κ1) is 8.87. The zero-order valence-corrected chi connectivity index (χ0v) is 7.89. The quantitative estimate of drug-likeness (QED) is 0.551. The molecule has 0 amide bonds. The zero-order chi connectivity index (χ0) is 8.97. The summed E-state index contributed by atoms with van der Waals surface area (Å²) in [6, 6.07) is 8.32. The lowest BCUT2D eigenvalue weighted by atomic mass is 9.98. The van der Waals surface area contributed by atoms with E-state index in [1.54, 1.807) is 0 Å². The predicted molar refractivity (Wildman–Crippen MR) is 53.1 cm³/mol. The van der Waals surface area contributed by atoms with Gasteiger partial charge in [0, 0.05) is 5.56 Å². The summed E-state index contributed by atoms with van der Waals surface area (Å²) in [7, 11) is 0. The lowest BCUT2D eigenvalue weighted by molar-refractivity contribution is 0.863. The molecule has 0 radical (unpaired) electrons. The fourth-order valence-corrected chi connectivity index (χ4v) is 1.25. The maximum atomic E-state index is 3.11. The third-order valence-corrected chi connectivity index (χ3v) is 1.84. The first-order valence-corrected chi connectivity index (χ1v) is 4.27. The molecule has 0 heterocycles. The average molecular weight is 158 g/mol. The molecule has 12 heavy (non-hydrogen) atoms. The van der Waals surface area contributed by atoms with E-state index < -0.39 is 0 Å². The number of rotatable bonds is 1. The van der Waals surface area contributed by atoms with Gasteiger partial charge in [-0.3, -0.25) is 0 Å². The van der Waals surface area contributed by atoms with Gasteiger partial charge in [0.1, 0.15) is 0 Å². The van der Waals surface area contributed by atoms with Crippen LogP contribution in [-0.4, -0.2) is 0 Å². The molecular weight excluding hydrogens is 144 g/mol. The van der Waals surface area contributed by atoms with Crippen molar-refractivity contribution in [3.8, 4) is 11.8 Å². The van der Waals surface area contributed by atoms with Crippen molar-refractivity contribution in [2.24, 2.45) is 0 Å². The van der Waals surface area contributed by atoms with Crippen LogP contribution in [0.4, 0.5) is 0 Å². The highest BCUT2D eigenvalue weighted by molar-refractivity contribution is 5.42. The summed E-state index contributed by atoms with van der Waals surface area (Å²) >= 11 is 0. The summed E-state index contributed by atoms with van der Waals surface area (Å²) in [6.07, 6.45) is 0. The molecule has 62 valence electrons. The molecule has 0 N–H and O–H groups in total. The van der Waals surface area contributed by atoms with Crippen LogP contribution in [0.25, 0.3) is 0 Å². The van der Waals surface area contributed by atoms with Crippen LogP contribution in [-0.2, 0) is 0 Å². The van der Waals surface area contributed by atoms with Crippen LogP contribution >= 0.6 is 0 Å². The normalized spacial score (nSPS) is 9.33. The van der Waals surface area contributed by atoms with Crippen LogP contribution in [0.15, 0.2) is 24.3 Å². The molecule has 0 aliphatic heterocycles. The molecule has 0 aliphatic carbocycles. The topological polar surface area (TPSA) is 0 Å². The Morgan fingerprint density at radius 2 is 1.83 bits per heavy atom. The summed E-state index contributed by atoms with van der Waals surface area (Å²) < 4.78 is 0. The first-order chi connectivity index (χ1) is 5.75. The highest BCUT2D eigenvalue weighted by Gasteiger charge is 2.01. The Hall–Kier alpha value is -1.22. The SMILES string of the molecule is CC#Cc1ccccc1C(C)C. The summed E-state index contributed by atoms with van der Waals surface area (Å²) in [6.45, 7) is 6.25. The van der Waals surface area contributed by atoms with Gasteiger partial charge in [-0.1, -0.05) is 38.0 Å². The van der Waals surface area contributed by atoms with Gasteiger partial charge in [0.2, 0.25) is 0 Å². The van der Waals surface area contributed by atoms with E-state index in [1.807, 2.05) is 13.0 Å². The highest BCUT2D eigenvalue weighted by Crippen LogP contribution is 2.17. The fourth-order valence-electron chi connectivity index (χ4n) is 1.25. The molecule has 0 atom stereocenters. The second-order valence-corrected chi connectivity index (χ2v) is 3.12. The van der Waals surface area contributed by atoms with Crippen LogP contribution in [0.1, 0.15) is 37.8 Å². The van der Waals surface area contributed by atoms with Gasteiger partial charge < -0.3 is 0 Å². The number of hydrogen-bond acceptors (Lipinski definition) is 0. The molecule has 1 aromatic rings. The Bertz CT molecular complexity index is 310. The van der Waals surface area contributed by atoms with Crippen molar-refractivity contribution >= 4 is 0 Å². The van der Waals surface area contributed by atoms with Crippen molar-refractivity contribution in [1.29, 1.82) is 0 Å². The molecule has 0 saturated carbocycles. The predicted octanol–water partition coefficient (Wildman–Crippen LogP) is 3.18. The van der Waals surface area contributed by atoms with E-state index in [9.17, 15) is 0 Å². The molecule has 0 saturated heterocycles. The van der Waals surface area contributed by atoms with E-state index in [4.69, 9.17) is 0 Å². The molecule has 1 rings (SSSR count). The van der Waals surface area contributed by atoms with Gasteiger partial charge in [-0.25, -0.2) is 0 Å². The lowest BCUT2D eigenvalue weighted by Crippen LogP contribution is -1.91. The van der Waals surface area contributed by atoms with Gasteiger partial charge in [0.15, 0.2) is 0 Å². The molecule has 0 aliphatic rings. The van der Waals surface area contributed by atoms with E-state index in [-0.39, 0.29) is 0 Å². The zero-order valence-electron chi connectivity index (χ0n) is 7.89. The van der Waals surface area contributed by atoms with Crippen molar-refractivity contribution in [1.82, 2.24) is 0 Å².